The molecule has 0 bridgehead atoms. The number of morpholine rings is 1. The molecule has 0 radical (unpaired) electrons. The van der Waals surface area contributed by atoms with Gasteiger partial charge in [-0.05, 0) is 19.9 Å². The van der Waals surface area contributed by atoms with Gasteiger partial charge in [0, 0.05) is 18.5 Å². The quantitative estimate of drug-likeness (QED) is 0.919. The van der Waals surface area contributed by atoms with Crippen molar-refractivity contribution in [2.45, 2.75) is 25.6 Å². The lowest BCUT2D eigenvalue weighted by atomic mass is 10.0. The van der Waals surface area contributed by atoms with Crippen molar-refractivity contribution in [2.75, 3.05) is 19.7 Å². The van der Waals surface area contributed by atoms with Crippen molar-refractivity contribution in [1.29, 1.82) is 0 Å². The SMILES string of the molecule is CC1(C)CN(C(=O)c2coc3ccccc23)CC(CO)O1. The van der Waals surface area contributed by atoms with Gasteiger partial charge in [-0.1, -0.05) is 18.2 Å². The largest absolute Gasteiger partial charge is 0.463 e. The van der Waals surface area contributed by atoms with Crippen LogP contribution in [0.5, 0.6) is 0 Å². The highest BCUT2D eigenvalue weighted by Gasteiger charge is 2.36. The Bertz CT molecular complexity index is 661. The minimum Gasteiger partial charge on any atom is -0.463 e. The summed E-state index contributed by atoms with van der Waals surface area (Å²) in [4.78, 5) is 14.5. The molecule has 1 fully saturated rings. The number of nitrogens with zero attached hydrogens (tertiary/aromatic N) is 1. The van der Waals surface area contributed by atoms with Crippen LogP contribution in [0, 0.1) is 0 Å². The maximum absolute atomic E-state index is 12.8. The molecule has 0 aliphatic carbocycles. The van der Waals surface area contributed by atoms with Gasteiger partial charge in [0.2, 0.25) is 0 Å². The van der Waals surface area contributed by atoms with Crippen LogP contribution in [0.3, 0.4) is 0 Å². The highest BCUT2D eigenvalue weighted by molar-refractivity contribution is 6.05. The van der Waals surface area contributed by atoms with Gasteiger partial charge in [-0.15, -0.1) is 0 Å². The van der Waals surface area contributed by atoms with E-state index in [4.69, 9.17) is 9.15 Å². The molecule has 112 valence electrons. The van der Waals surface area contributed by atoms with Crippen molar-refractivity contribution in [3.63, 3.8) is 0 Å². The lowest BCUT2D eigenvalue weighted by molar-refractivity contribution is -0.139. The van der Waals surface area contributed by atoms with Gasteiger partial charge in [-0.2, -0.15) is 0 Å². The van der Waals surface area contributed by atoms with Crippen molar-refractivity contribution < 1.29 is 19.1 Å². The first-order chi connectivity index (χ1) is 10.00. The fourth-order valence-electron chi connectivity index (χ4n) is 2.86. The number of aliphatic hydroxyl groups is 1. The summed E-state index contributed by atoms with van der Waals surface area (Å²) in [6.45, 7) is 4.62. The fourth-order valence-corrected chi connectivity index (χ4v) is 2.86. The Labute approximate surface area is 123 Å². The molecule has 0 saturated carbocycles. The summed E-state index contributed by atoms with van der Waals surface area (Å²) in [5.74, 6) is -0.0882. The number of carbonyl (C=O) groups excluding carboxylic acids is 1. The van der Waals surface area contributed by atoms with Crippen LogP contribution in [-0.4, -0.2) is 47.3 Å². The Morgan fingerprint density at radius 1 is 1.43 bits per heavy atom. The van der Waals surface area contributed by atoms with Gasteiger partial charge in [-0.3, -0.25) is 4.79 Å². The van der Waals surface area contributed by atoms with E-state index in [-0.39, 0.29) is 18.6 Å². The first-order valence-corrected chi connectivity index (χ1v) is 7.04. The number of aliphatic hydroxyl groups excluding tert-OH is 1. The number of para-hydroxylation sites is 1. The molecule has 1 atom stereocenters. The average Bonchev–Trinajstić information content (AvgIpc) is 2.88. The fraction of sp³-hybridized carbons (Fsp3) is 0.438. The summed E-state index contributed by atoms with van der Waals surface area (Å²) in [5.41, 5.74) is 0.785. The Morgan fingerprint density at radius 3 is 2.95 bits per heavy atom. The van der Waals surface area contributed by atoms with Crippen molar-refractivity contribution in [3.05, 3.63) is 36.1 Å². The highest BCUT2D eigenvalue weighted by Crippen LogP contribution is 2.26. The van der Waals surface area contributed by atoms with E-state index in [1.54, 1.807) is 4.90 Å². The second-order valence-corrected chi connectivity index (χ2v) is 6.01. The van der Waals surface area contributed by atoms with E-state index >= 15 is 0 Å². The monoisotopic (exact) mass is 289 g/mol. The van der Waals surface area contributed by atoms with Gasteiger partial charge in [0.15, 0.2) is 0 Å². The number of carbonyl (C=O) groups is 1. The molecule has 1 saturated heterocycles. The Morgan fingerprint density at radius 2 is 2.19 bits per heavy atom. The van der Waals surface area contributed by atoms with Gasteiger partial charge < -0.3 is 19.2 Å². The number of amides is 1. The van der Waals surface area contributed by atoms with Crippen LogP contribution in [-0.2, 0) is 4.74 Å². The Balaban J connectivity index is 1.90. The molecular formula is C16H19NO4. The number of hydrogen-bond acceptors (Lipinski definition) is 4. The van der Waals surface area contributed by atoms with Crippen molar-refractivity contribution in [3.8, 4) is 0 Å². The first kappa shape index (κ1) is 14.1. The average molecular weight is 289 g/mol. The first-order valence-electron chi connectivity index (χ1n) is 7.04. The Kier molecular flexibility index (Phi) is 3.47. The molecule has 1 aromatic carbocycles. The van der Waals surface area contributed by atoms with Crippen molar-refractivity contribution >= 4 is 16.9 Å². The topological polar surface area (TPSA) is 62.9 Å². The zero-order valence-electron chi connectivity index (χ0n) is 12.2. The molecule has 1 unspecified atom stereocenters. The third-order valence-corrected chi connectivity index (χ3v) is 3.68. The van der Waals surface area contributed by atoms with Crippen LogP contribution in [0.4, 0.5) is 0 Å². The molecule has 5 nitrogen and oxygen atoms in total. The molecule has 1 amide bonds. The van der Waals surface area contributed by atoms with E-state index in [0.717, 1.165) is 5.39 Å². The number of rotatable bonds is 2. The number of benzene rings is 1. The molecule has 2 heterocycles. The van der Waals surface area contributed by atoms with Crippen LogP contribution in [0.1, 0.15) is 24.2 Å². The van der Waals surface area contributed by atoms with Crippen LogP contribution < -0.4 is 0 Å². The van der Waals surface area contributed by atoms with Gasteiger partial charge in [0.1, 0.15) is 11.8 Å². The summed E-state index contributed by atoms with van der Waals surface area (Å²) < 4.78 is 11.2. The lowest BCUT2D eigenvalue weighted by Crippen LogP contribution is -2.55. The summed E-state index contributed by atoms with van der Waals surface area (Å²) in [7, 11) is 0. The number of hydrogen-bond donors (Lipinski definition) is 1. The zero-order valence-corrected chi connectivity index (χ0v) is 12.2. The molecule has 2 aromatic rings. The second kappa shape index (κ2) is 5.16. The van der Waals surface area contributed by atoms with E-state index in [1.165, 1.54) is 6.26 Å². The smallest absolute Gasteiger partial charge is 0.257 e. The molecule has 1 N–H and O–H groups in total. The van der Waals surface area contributed by atoms with Crippen molar-refractivity contribution in [2.24, 2.45) is 0 Å². The minimum absolute atomic E-state index is 0.0882. The summed E-state index contributed by atoms with van der Waals surface area (Å²) in [6.07, 6.45) is 1.15. The maximum atomic E-state index is 12.8. The normalized spacial score (nSPS) is 21.7. The third-order valence-electron chi connectivity index (χ3n) is 3.68. The van der Waals surface area contributed by atoms with Gasteiger partial charge >= 0.3 is 0 Å². The molecule has 3 rings (SSSR count). The molecule has 5 heteroatoms. The minimum atomic E-state index is -0.471. The standard InChI is InChI=1S/C16H19NO4/c1-16(2)10-17(7-11(8-18)21-16)15(19)13-9-20-14-6-4-3-5-12(13)14/h3-6,9,11,18H,7-8,10H2,1-2H3. The zero-order chi connectivity index (χ0) is 15.0. The van der Waals surface area contributed by atoms with E-state index < -0.39 is 5.60 Å². The van der Waals surface area contributed by atoms with Gasteiger partial charge in [0.05, 0.1) is 23.9 Å². The Hall–Kier alpha value is -1.85. The maximum Gasteiger partial charge on any atom is 0.257 e. The second-order valence-electron chi connectivity index (χ2n) is 6.01. The molecule has 1 aliphatic rings. The highest BCUT2D eigenvalue weighted by atomic mass is 16.5. The van der Waals surface area contributed by atoms with Crippen LogP contribution >= 0.6 is 0 Å². The van der Waals surface area contributed by atoms with E-state index in [2.05, 4.69) is 0 Å². The number of fused-ring (bicyclic) bond motifs is 1. The van der Waals surface area contributed by atoms with Crippen LogP contribution in [0.15, 0.2) is 34.9 Å². The van der Waals surface area contributed by atoms with E-state index in [1.807, 2.05) is 38.1 Å². The number of furan rings is 1. The molecule has 1 aliphatic heterocycles. The molecular weight excluding hydrogens is 270 g/mol. The predicted molar refractivity (Wildman–Crippen MR) is 78.2 cm³/mol. The molecule has 0 spiro atoms. The van der Waals surface area contributed by atoms with Crippen LogP contribution in [0.2, 0.25) is 0 Å². The van der Waals surface area contributed by atoms with Crippen LogP contribution in [0.25, 0.3) is 11.0 Å². The molecule has 1 aromatic heterocycles. The van der Waals surface area contributed by atoms with Crippen molar-refractivity contribution in [1.82, 2.24) is 4.90 Å². The predicted octanol–water partition coefficient (Wildman–Crippen LogP) is 2.04. The van der Waals surface area contributed by atoms with Gasteiger partial charge in [0.25, 0.3) is 5.91 Å². The summed E-state index contributed by atoms with van der Waals surface area (Å²) >= 11 is 0. The van der Waals surface area contributed by atoms with Gasteiger partial charge in [-0.25, -0.2) is 0 Å². The lowest BCUT2D eigenvalue weighted by Gasteiger charge is -2.42. The van der Waals surface area contributed by atoms with E-state index in [9.17, 15) is 9.90 Å². The number of ether oxygens (including phenoxy) is 1. The summed E-state index contributed by atoms with van der Waals surface area (Å²) in [6, 6.07) is 7.47. The molecule has 21 heavy (non-hydrogen) atoms. The summed E-state index contributed by atoms with van der Waals surface area (Å²) in [5, 5.41) is 10.2. The van der Waals surface area contributed by atoms with E-state index in [0.29, 0.717) is 24.2 Å². The third kappa shape index (κ3) is 2.66.